The van der Waals surface area contributed by atoms with Crippen molar-refractivity contribution >= 4 is 28.3 Å². The van der Waals surface area contributed by atoms with Gasteiger partial charge >= 0.3 is 0 Å². The molecule has 2 rings (SSSR count). The van der Waals surface area contributed by atoms with E-state index in [4.69, 9.17) is 4.74 Å². The number of ether oxygens (including phenoxy) is 1. The predicted octanol–water partition coefficient (Wildman–Crippen LogP) is 0.515. The predicted molar refractivity (Wildman–Crippen MR) is 94.1 cm³/mol. The van der Waals surface area contributed by atoms with Crippen molar-refractivity contribution in [2.24, 2.45) is 0 Å². The van der Waals surface area contributed by atoms with E-state index in [2.05, 4.69) is 15.4 Å². The SMILES string of the molecule is COCCNCCNC(=O)c1ccc(S(=O)(=O)NC2CC2)cc1.Cl. The van der Waals surface area contributed by atoms with Crippen LogP contribution in [0.25, 0.3) is 0 Å². The number of rotatable bonds is 10. The summed E-state index contributed by atoms with van der Waals surface area (Å²) >= 11 is 0. The molecular formula is C15H24ClN3O4S. The smallest absolute Gasteiger partial charge is 0.251 e. The highest BCUT2D eigenvalue weighted by Gasteiger charge is 2.27. The summed E-state index contributed by atoms with van der Waals surface area (Å²) in [6.45, 7) is 2.49. The van der Waals surface area contributed by atoms with Gasteiger partial charge in [-0.1, -0.05) is 0 Å². The molecule has 3 N–H and O–H groups in total. The minimum atomic E-state index is -3.47. The van der Waals surface area contributed by atoms with Crippen LogP contribution in [0.4, 0.5) is 0 Å². The van der Waals surface area contributed by atoms with E-state index in [1.807, 2.05) is 0 Å². The number of carbonyl (C=O) groups excluding carboxylic acids is 1. The number of hydrogen-bond donors (Lipinski definition) is 3. The maximum absolute atomic E-state index is 12.0. The van der Waals surface area contributed by atoms with Gasteiger partial charge in [0.2, 0.25) is 10.0 Å². The third kappa shape index (κ3) is 6.74. The first-order valence-electron chi connectivity index (χ1n) is 7.63. The second-order valence-electron chi connectivity index (χ2n) is 5.42. The summed E-state index contributed by atoms with van der Waals surface area (Å²) in [5.74, 6) is -0.224. The van der Waals surface area contributed by atoms with Crippen molar-refractivity contribution in [3.05, 3.63) is 29.8 Å². The Labute approximate surface area is 149 Å². The van der Waals surface area contributed by atoms with Crippen molar-refractivity contribution in [1.82, 2.24) is 15.4 Å². The quantitative estimate of drug-likeness (QED) is 0.516. The first-order valence-corrected chi connectivity index (χ1v) is 9.11. The van der Waals surface area contributed by atoms with Gasteiger partial charge in [-0.25, -0.2) is 13.1 Å². The van der Waals surface area contributed by atoms with Crippen LogP contribution in [0.2, 0.25) is 0 Å². The van der Waals surface area contributed by atoms with Crippen molar-refractivity contribution in [2.75, 3.05) is 33.4 Å². The molecule has 24 heavy (non-hydrogen) atoms. The number of hydrogen-bond acceptors (Lipinski definition) is 5. The van der Waals surface area contributed by atoms with Crippen LogP contribution in [-0.2, 0) is 14.8 Å². The molecule has 1 aliphatic carbocycles. The van der Waals surface area contributed by atoms with E-state index < -0.39 is 10.0 Å². The first-order chi connectivity index (χ1) is 11.0. The normalized spacial score (nSPS) is 14.0. The summed E-state index contributed by atoms with van der Waals surface area (Å²) in [4.78, 5) is 12.1. The largest absolute Gasteiger partial charge is 0.383 e. The summed E-state index contributed by atoms with van der Waals surface area (Å²) in [7, 11) is -1.84. The summed E-state index contributed by atoms with van der Waals surface area (Å²) in [5.41, 5.74) is 0.437. The van der Waals surface area contributed by atoms with E-state index in [1.165, 1.54) is 24.3 Å². The molecule has 0 atom stereocenters. The number of halogens is 1. The number of nitrogens with one attached hydrogen (secondary N) is 3. The van der Waals surface area contributed by atoms with Crippen LogP contribution >= 0.6 is 12.4 Å². The first kappa shape index (κ1) is 20.9. The minimum Gasteiger partial charge on any atom is -0.383 e. The maximum Gasteiger partial charge on any atom is 0.251 e. The van der Waals surface area contributed by atoms with Crippen LogP contribution in [0.1, 0.15) is 23.2 Å². The Balaban J connectivity index is 0.00000288. The molecule has 0 spiro atoms. The third-order valence-electron chi connectivity index (χ3n) is 3.40. The van der Waals surface area contributed by atoms with Gasteiger partial charge in [0, 0.05) is 38.3 Å². The molecule has 1 amide bonds. The fourth-order valence-electron chi connectivity index (χ4n) is 1.94. The molecule has 7 nitrogen and oxygen atoms in total. The number of amides is 1. The van der Waals surface area contributed by atoms with Gasteiger partial charge in [0.1, 0.15) is 0 Å². The van der Waals surface area contributed by atoms with Crippen LogP contribution in [0.5, 0.6) is 0 Å². The highest BCUT2D eigenvalue weighted by molar-refractivity contribution is 7.89. The molecule has 0 aromatic heterocycles. The van der Waals surface area contributed by atoms with Crippen LogP contribution in [0.15, 0.2) is 29.2 Å². The van der Waals surface area contributed by atoms with Gasteiger partial charge in [-0.2, -0.15) is 0 Å². The second-order valence-corrected chi connectivity index (χ2v) is 7.13. The van der Waals surface area contributed by atoms with Crippen molar-refractivity contribution < 1.29 is 17.9 Å². The zero-order valence-corrected chi connectivity index (χ0v) is 15.2. The summed E-state index contributed by atoms with van der Waals surface area (Å²) in [5, 5.41) is 5.89. The monoisotopic (exact) mass is 377 g/mol. The Kier molecular flexibility index (Phi) is 8.65. The highest BCUT2D eigenvalue weighted by atomic mass is 35.5. The average molecular weight is 378 g/mol. The van der Waals surface area contributed by atoms with Gasteiger partial charge < -0.3 is 15.4 Å². The molecule has 1 aromatic carbocycles. The van der Waals surface area contributed by atoms with E-state index >= 15 is 0 Å². The van der Waals surface area contributed by atoms with Gasteiger partial charge in [-0.15, -0.1) is 12.4 Å². The Bertz CT molecular complexity index is 618. The summed E-state index contributed by atoms with van der Waals surface area (Å²) in [6.07, 6.45) is 1.77. The molecule has 136 valence electrons. The second kappa shape index (κ2) is 9.95. The third-order valence-corrected chi connectivity index (χ3v) is 4.93. The fourth-order valence-corrected chi connectivity index (χ4v) is 3.24. The topological polar surface area (TPSA) is 96.5 Å². The average Bonchev–Trinajstić information content (AvgIpc) is 3.34. The van der Waals surface area contributed by atoms with E-state index in [1.54, 1.807) is 7.11 Å². The highest BCUT2D eigenvalue weighted by Crippen LogP contribution is 2.22. The molecule has 0 unspecified atom stereocenters. The van der Waals surface area contributed by atoms with Gasteiger partial charge in [0.25, 0.3) is 5.91 Å². The number of methoxy groups -OCH3 is 1. The standard InChI is InChI=1S/C15H23N3O4S.ClH/c1-22-11-10-16-8-9-17-15(19)12-2-6-14(7-3-12)23(20,21)18-13-4-5-13;/h2-3,6-7,13,16,18H,4-5,8-11H2,1H3,(H,17,19);1H. The molecule has 0 radical (unpaired) electrons. The summed E-state index contributed by atoms with van der Waals surface area (Å²) in [6, 6.07) is 6.02. The van der Waals surface area contributed by atoms with Gasteiger partial charge in [-0.05, 0) is 37.1 Å². The Morgan fingerprint density at radius 2 is 1.83 bits per heavy atom. The molecule has 0 saturated heterocycles. The summed E-state index contributed by atoms with van der Waals surface area (Å²) < 4.78 is 31.6. The van der Waals surface area contributed by atoms with E-state index in [-0.39, 0.29) is 29.3 Å². The van der Waals surface area contributed by atoms with Crippen LogP contribution in [0.3, 0.4) is 0 Å². The van der Waals surface area contributed by atoms with Crippen molar-refractivity contribution in [3.63, 3.8) is 0 Å². The molecule has 9 heteroatoms. The number of carbonyl (C=O) groups is 1. The number of sulfonamides is 1. The molecule has 0 heterocycles. The Morgan fingerprint density at radius 1 is 1.17 bits per heavy atom. The Morgan fingerprint density at radius 3 is 2.42 bits per heavy atom. The molecular weight excluding hydrogens is 354 g/mol. The Hall–Kier alpha value is -1.19. The zero-order valence-electron chi connectivity index (χ0n) is 13.6. The lowest BCUT2D eigenvalue weighted by Crippen LogP contribution is -2.33. The lowest BCUT2D eigenvalue weighted by Gasteiger charge is -2.08. The van der Waals surface area contributed by atoms with Gasteiger partial charge in [-0.3, -0.25) is 4.79 Å². The van der Waals surface area contributed by atoms with Crippen LogP contribution < -0.4 is 15.4 Å². The molecule has 0 aliphatic heterocycles. The molecule has 1 aromatic rings. The van der Waals surface area contributed by atoms with Crippen LogP contribution in [0, 0.1) is 0 Å². The van der Waals surface area contributed by atoms with E-state index in [0.717, 1.165) is 19.4 Å². The lowest BCUT2D eigenvalue weighted by molar-refractivity contribution is 0.0953. The molecule has 0 bridgehead atoms. The fraction of sp³-hybridized carbons (Fsp3) is 0.533. The van der Waals surface area contributed by atoms with Gasteiger partial charge in [0.05, 0.1) is 11.5 Å². The molecule has 1 aliphatic rings. The maximum atomic E-state index is 12.0. The van der Waals surface area contributed by atoms with Crippen molar-refractivity contribution in [3.8, 4) is 0 Å². The van der Waals surface area contributed by atoms with E-state index in [9.17, 15) is 13.2 Å². The minimum absolute atomic E-state index is 0. The van der Waals surface area contributed by atoms with E-state index in [0.29, 0.717) is 25.3 Å². The zero-order chi connectivity index (χ0) is 16.7. The van der Waals surface area contributed by atoms with Crippen molar-refractivity contribution in [2.45, 2.75) is 23.8 Å². The van der Waals surface area contributed by atoms with Crippen LogP contribution in [-0.4, -0.2) is 53.7 Å². The molecule has 1 fully saturated rings. The van der Waals surface area contributed by atoms with Gasteiger partial charge in [0.15, 0.2) is 0 Å². The lowest BCUT2D eigenvalue weighted by atomic mass is 10.2. The van der Waals surface area contributed by atoms with Crippen molar-refractivity contribution in [1.29, 1.82) is 0 Å². The molecule has 1 saturated carbocycles. The number of benzene rings is 1.